The number of alkyl halides is 3. The minimum atomic E-state index is -4.44. The standard InChI is InChI=1S/C22H20ClF3N4O3S/c1-3-33-20-17(23)7-13(8-18(20)32-2)11-27-30-19(31)10-16-12-34-21(29-16)28-15-6-4-5-14(9-15)22(24,25)26/h4-9,11-12H,3,10H2,1-2H3,(H,28,29)(H,30,31)/b27-11-. The molecule has 2 aromatic carbocycles. The summed E-state index contributed by atoms with van der Waals surface area (Å²) in [5.41, 5.74) is 2.91. The summed E-state index contributed by atoms with van der Waals surface area (Å²) in [6.45, 7) is 2.25. The number of thiazole rings is 1. The highest BCUT2D eigenvalue weighted by molar-refractivity contribution is 7.13. The van der Waals surface area contributed by atoms with E-state index >= 15 is 0 Å². The highest BCUT2D eigenvalue weighted by Crippen LogP contribution is 2.36. The molecular weight excluding hydrogens is 493 g/mol. The first kappa shape index (κ1) is 25.3. The van der Waals surface area contributed by atoms with E-state index in [1.165, 1.54) is 36.8 Å². The van der Waals surface area contributed by atoms with Gasteiger partial charge in [-0.15, -0.1) is 11.3 Å². The predicted octanol–water partition coefficient (Wildman–Crippen LogP) is 5.66. The average Bonchev–Trinajstić information content (AvgIpc) is 3.21. The van der Waals surface area contributed by atoms with Gasteiger partial charge in [0.2, 0.25) is 5.91 Å². The number of carbonyl (C=O) groups is 1. The molecule has 2 N–H and O–H groups in total. The number of anilines is 2. The van der Waals surface area contributed by atoms with Crippen molar-refractivity contribution in [1.82, 2.24) is 10.4 Å². The van der Waals surface area contributed by atoms with E-state index in [1.807, 2.05) is 6.92 Å². The first-order valence-electron chi connectivity index (χ1n) is 9.90. The van der Waals surface area contributed by atoms with Crippen molar-refractivity contribution in [3.05, 3.63) is 63.6 Å². The Bertz CT molecular complexity index is 1180. The third kappa shape index (κ3) is 6.84. The maximum Gasteiger partial charge on any atom is 0.416 e. The lowest BCUT2D eigenvalue weighted by atomic mass is 10.2. The Kier molecular flexibility index (Phi) is 8.35. The maximum absolute atomic E-state index is 12.9. The van der Waals surface area contributed by atoms with Gasteiger partial charge in [-0.05, 0) is 42.8 Å². The molecule has 0 unspecified atom stereocenters. The molecule has 0 aliphatic rings. The van der Waals surface area contributed by atoms with Gasteiger partial charge in [0.15, 0.2) is 16.6 Å². The molecule has 3 aromatic rings. The quantitative estimate of drug-likeness (QED) is 0.285. The van der Waals surface area contributed by atoms with Crippen molar-refractivity contribution in [2.45, 2.75) is 19.5 Å². The van der Waals surface area contributed by atoms with Crippen LogP contribution < -0.4 is 20.2 Å². The third-order valence-corrected chi connectivity index (χ3v) is 5.37. The van der Waals surface area contributed by atoms with Crippen LogP contribution in [0.2, 0.25) is 5.02 Å². The fourth-order valence-corrected chi connectivity index (χ4v) is 3.83. The zero-order valence-electron chi connectivity index (χ0n) is 18.1. The summed E-state index contributed by atoms with van der Waals surface area (Å²) in [6.07, 6.45) is -3.10. The van der Waals surface area contributed by atoms with Crippen molar-refractivity contribution in [3.8, 4) is 11.5 Å². The molecule has 0 spiro atoms. The Hall–Kier alpha value is -3.31. The highest BCUT2D eigenvalue weighted by atomic mass is 35.5. The molecule has 0 fully saturated rings. The molecule has 7 nitrogen and oxygen atoms in total. The molecule has 0 saturated carbocycles. The Morgan fingerprint density at radius 2 is 2.09 bits per heavy atom. The number of nitrogens with one attached hydrogen (secondary N) is 2. The number of hydrazone groups is 1. The van der Waals surface area contributed by atoms with Crippen molar-refractivity contribution >= 4 is 45.9 Å². The van der Waals surface area contributed by atoms with Gasteiger partial charge in [0.1, 0.15) is 0 Å². The fourth-order valence-electron chi connectivity index (χ4n) is 2.82. The second-order valence-corrected chi connectivity index (χ2v) is 8.05. The molecule has 3 rings (SSSR count). The molecule has 0 radical (unpaired) electrons. The molecule has 34 heavy (non-hydrogen) atoms. The van der Waals surface area contributed by atoms with Crippen LogP contribution in [-0.4, -0.2) is 30.8 Å². The summed E-state index contributed by atoms with van der Waals surface area (Å²) in [5, 5.41) is 9.07. The van der Waals surface area contributed by atoms with Gasteiger partial charge in [0.05, 0.1) is 42.6 Å². The van der Waals surface area contributed by atoms with Crippen molar-refractivity contribution in [2.24, 2.45) is 5.10 Å². The van der Waals surface area contributed by atoms with E-state index in [-0.39, 0.29) is 12.1 Å². The number of aromatic nitrogens is 1. The lowest BCUT2D eigenvalue weighted by Gasteiger charge is -2.11. The van der Waals surface area contributed by atoms with E-state index in [2.05, 4.69) is 20.8 Å². The van der Waals surface area contributed by atoms with Gasteiger partial charge < -0.3 is 14.8 Å². The zero-order chi connectivity index (χ0) is 24.7. The van der Waals surface area contributed by atoms with Crippen molar-refractivity contribution in [1.29, 1.82) is 0 Å². The van der Waals surface area contributed by atoms with Crippen LogP contribution in [0.5, 0.6) is 11.5 Å². The number of hydrogen-bond acceptors (Lipinski definition) is 7. The second kappa shape index (κ2) is 11.2. The van der Waals surface area contributed by atoms with Crippen LogP contribution in [0, 0.1) is 0 Å². The lowest BCUT2D eigenvalue weighted by Crippen LogP contribution is -2.19. The van der Waals surface area contributed by atoms with Gasteiger partial charge in [-0.2, -0.15) is 18.3 Å². The van der Waals surface area contributed by atoms with E-state index in [4.69, 9.17) is 21.1 Å². The number of hydrogen-bond donors (Lipinski definition) is 2. The Balaban J connectivity index is 1.57. The van der Waals surface area contributed by atoms with Crippen LogP contribution in [0.15, 0.2) is 46.9 Å². The first-order valence-corrected chi connectivity index (χ1v) is 11.2. The Morgan fingerprint density at radius 3 is 2.79 bits per heavy atom. The number of halogens is 4. The fraction of sp³-hybridized carbons (Fsp3) is 0.227. The number of nitrogens with zero attached hydrogens (tertiary/aromatic N) is 2. The molecule has 1 amide bonds. The Labute approximate surface area is 202 Å². The van der Waals surface area contributed by atoms with Crippen LogP contribution in [-0.2, 0) is 17.4 Å². The topological polar surface area (TPSA) is 84.8 Å². The summed E-state index contributed by atoms with van der Waals surface area (Å²) in [6, 6.07) is 8.07. The van der Waals surface area contributed by atoms with Crippen LogP contribution in [0.25, 0.3) is 0 Å². The Morgan fingerprint density at radius 1 is 1.29 bits per heavy atom. The second-order valence-electron chi connectivity index (χ2n) is 6.78. The summed E-state index contributed by atoms with van der Waals surface area (Å²) < 4.78 is 49.3. The molecule has 180 valence electrons. The normalized spacial score (nSPS) is 11.5. The van der Waals surface area contributed by atoms with Crippen molar-refractivity contribution < 1.29 is 27.4 Å². The largest absolute Gasteiger partial charge is 0.493 e. The zero-order valence-corrected chi connectivity index (χ0v) is 19.6. The van der Waals surface area contributed by atoms with Crippen LogP contribution in [0.1, 0.15) is 23.7 Å². The molecule has 0 aliphatic heterocycles. The predicted molar refractivity (Wildman–Crippen MR) is 125 cm³/mol. The van der Waals surface area contributed by atoms with Gasteiger partial charge in [-0.3, -0.25) is 4.79 Å². The monoisotopic (exact) mass is 512 g/mol. The van der Waals surface area contributed by atoms with Crippen LogP contribution >= 0.6 is 22.9 Å². The summed E-state index contributed by atoms with van der Waals surface area (Å²) in [5.74, 6) is 0.437. The molecule has 1 heterocycles. The van der Waals surface area contributed by atoms with E-state index in [9.17, 15) is 18.0 Å². The van der Waals surface area contributed by atoms with Gasteiger partial charge in [-0.25, -0.2) is 10.4 Å². The van der Waals surface area contributed by atoms with Crippen molar-refractivity contribution in [2.75, 3.05) is 19.0 Å². The lowest BCUT2D eigenvalue weighted by molar-refractivity contribution is -0.137. The molecule has 0 atom stereocenters. The van der Waals surface area contributed by atoms with Gasteiger partial charge in [0.25, 0.3) is 0 Å². The summed E-state index contributed by atoms with van der Waals surface area (Å²) >= 11 is 7.38. The van der Waals surface area contributed by atoms with Gasteiger partial charge >= 0.3 is 6.18 Å². The van der Waals surface area contributed by atoms with E-state index in [0.717, 1.165) is 12.1 Å². The van der Waals surface area contributed by atoms with Gasteiger partial charge in [-0.1, -0.05) is 17.7 Å². The molecule has 1 aromatic heterocycles. The summed E-state index contributed by atoms with van der Waals surface area (Å²) in [7, 11) is 1.49. The van der Waals surface area contributed by atoms with Gasteiger partial charge in [0, 0.05) is 11.1 Å². The SMILES string of the molecule is CCOc1c(Cl)cc(/C=N\NC(=O)Cc2csc(Nc3cccc(C(F)(F)F)c3)n2)cc1OC. The molecule has 0 bridgehead atoms. The van der Waals surface area contributed by atoms with E-state index in [0.29, 0.717) is 39.5 Å². The van der Waals surface area contributed by atoms with Crippen LogP contribution in [0.4, 0.5) is 24.0 Å². The molecular formula is C22H20ClF3N4O3S. The number of carbonyl (C=O) groups excluding carboxylic acids is 1. The minimum Gasteiger partial charge on any atom is -0.493 e. The molecule has 12 heteroatoms. The maximum atomic E-state index is 12.9. The average molecular weight is 513 g/mol. The number of methoxy groups -OCH3 is 1. The number of benzene rings is 2. The molecule has 0 aliphatic carbocycles. The number of amides is 1. The molecule has 0 saturated heterocycles. The number of rotatable bonds is 9. The minimum absolute atomic E-state index is 0.0640. The van der Waals surface area contributed by atoms with E-state index < -0.39 is 17.6 Å². The smallest absolute Gasteiger partial charge is 0.416 e. The summed E-state index contributed by atoms with van der Waals surface area (Å²) in [4.78, 5) is 16.4. The third-order valence-electron chi connectivity index (χ3n) is 4.28. The van der Waals surface area contributed by atoms with E-state index in [1.54, 1.807) is 17.5 Å². The van der Waals surface area contributed by atoms with Crippen molar-refractivity contribution in [3.63, 3.8) is 0 Å². The first-order chi connectivity index (χ1) is 16.2. The van der Waals surface area contributed by atoms with Crippen LogP contribution in [0.3, 0.4) is 0 Å². The number of ether oxygens (including phenoxy) is 2. The highest BCUT2D eigenvalue weighted by Gasteiger charge is 2.30.